The van der Waals surface area contributed by atoms with Crippen LogP contribution in [-0.4, -0.2) is 122 Å². The molecule has 4 N–H and O–H groups in total. The van der Waals surface area contributed by atoms with Crippen molar-refractivity contribution in [2.45, 2.75) is 45.4 Å². The lowest BCUT2D eigenvalue weighted by Crippen LogP contribution is -3.00. The van der Waals surface area contributed by atoms with E-state index in [9.17, 15) is 19.2 Å². The molecule has 1 fully saturated rings. The summed E-state index contributed by atoms with van der Waals surface area (Å²) in [5.41, 5.74) is 5.18. The van der Waals surface area contributed by atoms with Gasteiger partial charge in [-0.2, -0.15) is 0 Å². The molecule has 0 unspecified atom stereocenters. The predicted octanol–water partition coefficient (Wildman–Crippen LogP) is 2.29. The molecule has 13 nitrogen and oxygen atoms in total. The Morgan fingerprint density at radius 2 is 0.841 bits per heavy atom. The Kier molecular flexibility index (Phi) is 20.0. The number of carbonyl (C=O) groups is 4. The lowest BCUT2D eigenvalue weighted by Gasteiger charge is -2.34. The van der Waals surface area contributed by atoms with Gasteiger partial charge in [0.05, 0.1) is 49.7 Å². The predicted molar refractivity (Wildman–Crippen MR) is 269 cm³/mol. The van der Waals surface area contributed by atoms with Crippen molar-refractivity contribution in [1.29, 1.82) is 0 Å². The molecular formula is C55H68IN9O4. The van der Waals surface area contributed by atoms with Gasteiger partial charge in [-0.25, -0.2) is 4.57 Å². The molecule has 1 aliphatic rings. The van der Waals surface area contributed by atoms with Crippen molar-refractivity contribution >= 4 is 45.3 Å². The number of halogens is 1. The summed E-state index contributed by atoms with van der Waals surface area (Å²) in [5.74, 6) is -0.405. The van der Waals surface area contributed by atoms with Crippen LogP contribution in [-0.2, 0) is 32.8 Å². The average molecular weight is 1050 g/mol. The van der Waals surface area contributed by atoms with Gasteiger partial charge in [0.2, 0.25) is 29.1 Å². The van der Waals surface area contributed by atoms with Gasteiger partial charge < -0.3 is 45.2 Å². The quantitative estimate of drug-likeness (QED) is 0.0661. The van der Waals surface area contributed by atoms with Gasteiger partial charge in [0.25, 0.3) is 0 Å². The fourth-order valence-electron chi connectivity index (χ4n) is 8.97. The highest BCUT2D eigenvalue weighted by molar-refractivity contribution is 6.04. The van der Waals surface area contributed by atoms with Gasteiger partial charge in [-0.15, -0.1) is 0 Å². The summed E-state index contributed by atoms with van der Waals surface area (Å²) < 4.78 is 2.13. The third kappa shape index (κ3) is 15.9. The molecular weight excluding hydrogens is 978 g/mol. The fraction of sp³-hybridized carbons (Fsp3) is 0.364. The summed E-state index contributed by atoms with van der Waals surface area (Å²) in [6.07, 6.45) is 2.14. The zero-order chi connectivity index (χ0) is 47.8. The van der Waals surface area contributed by atoms with E-state index in [0.717, 1.165) is 43.9 Å². The Morgan fingerprint density at radius 3 is 1.25 bits per heavy atom. The minimum atomic E-state index is -0.175. The van der Waals surface area contributed by atoms with Crippen molar-refractivity contribution in [3.05, 3.63) is 162 Å². The van der Waals surface area contributed by atoms with E-state index >= 15 is 0 Å². The number of nitrogens with zero attached hydrogens (tertiary/aromatic N) is 5. The zero-order valence-corrected chi connectivity index (χ0v) is 42.6. The van der Waals surface area contributed by atoms with Gasteiger partial charge in [0, 0.05) is 75.7 Å². The summed E-state index contributed by atoms with van der Waals surface area (Å²) in [7, 11) is 2.05. The Labute approximate surface area is 424 Å². The molecule has 6 aromatic rings. The minimum absolute atomic E-state index is 0. The first-order valence-corrected chi connectivity index (χ1v) is 24.0. The second kappa shape index (κ2) is 26.3. The molecule has 5 aromatic carbocycles. The summed E-state index contributed by atoms with van der Waals surface area (Å²) in [6.45, 7) is 11.0. The van der Waals surface area contributed by atoms with E-state index < -0.39 is 0 Å². The van der Waals surface area contributed by atoms with Gasteiger partial charge in [-0.1, -0.05) is 115 Å². The number of amides is 4. The topological polar surface area (TPSA) is 133 Å². The standard InChI is InChI=1S/C55H67N9O4.HI/c1-41(45-16-8-5-9-17-45)57-53(66)38-62-28-26-61(37-52(65)56-35-44-24-25-51-50(34-44)49-23-15-14-22-48(49)36-60(51)4)27-29-63(39-54(67)58-42(2)46-18-10-6-11-19-46)31-33-64(32-30-62)40-55(68)59-43(3)47-20-12-7-13-21-47;/h5-25,34,36,41-43H,26-33,35,37-40H2,1-4H3,(H3-,56,57,58,59,65,66,67,68);1H/t41-,42-,43-;/m1./s1. The maximum Gasteiger partial charge on any atom is 0.234 e. The molecule has 2 heterocycles. The largest absolute Gasteiger partial charge is 1.00 e. The Morgan fingerprint density at radius 1 is 0.478 bits per heavy atom. The van der Waals surface area contributed by atoms with Crippen LogP contribution in [0.4, 0.5) is 0 Å². The van der Waals surface area contributed by atoms with Crippen molar-refractivity contribution in [2.75, 3.05) is 78.5 Å². The molecule has 0 aliphatic carbocycles. The van der Waals surface area contributed by atoms with Crippen LogP contribution in [0.3, 0.4) is 0 Å². The molecule has 7 rings (SSSR count). The molecule has 14 heteroatoms. The number of carbonyl (C=O) groups excluding carboxylic acids is 4. The number of fused-ring (bicyclic) bond motifs is 3. The molecule has 69 heavy (non-hydrogen) atoms. The van der Waals surface area contributed by atoms with Crippen LogP contribution < -0.4 is 49.8 Å². The maximum atomic E-state index is 13.9. The monoisotopic (exact) mass is 1050 g/mol. The van der Waals surface area contributed by atoms with Crippen molar-refractivity contribution in [3.63, 3.8) is 0 Å². The van der Waals surface area contributed by atoms with Crippen molar-refractivity contribution in [1.82, 2.24) is 40.9 Å². The van der Waals surface area contributed by atoms with E-state index in [0.29, 0.717) is 58.9 Å². The van der Waals surface area contributed by atoms with E-state index in [2.05, 4.69) is 82.0 Å². The number of pyridine rings is 1. The van der Waals surface area contributed by atoms with Crippen LogP contribution in [0, 0.1) is 0 Å². The molecule has 1 saturated heterocycles. The third-order valence-corrected chi connectivity index (χ3v) is 12.9. The van der Waals surface area contributed by atoms with Gasteiger partial charge in [-0.3, -0.25) is 38.8 Å². The van der Waals surface area contributed by atoms with E-state index in [1.165, 1.54) is 0 Å². The molecule has 0 spiro atoms. The number of rotatable bonds is 16. The van der Waals surface area contributed by atoms with Gasteiger partial charge in [0.15, 0.2) is 6.20 Å². The molecule has 0 saturated carbocycles. The summed E-state index contributed by atoms with van der Waals surface area (Å²) in [5, 5.41) is 16.2. The smallest absolute Gasteiger partial charge is 0.234 e. The van der Waals surface area contributed by atoms with Gasteiger partial charge in [-0.05, 0) is 55.2 Å². The van der Waals surface area contributed by atoms with Gasteiger partial charge >= 0.3 is 0 Å². The first-order chi connectivity index (χ1) is 33.0. The van der Waals surface area contributed by atoms with Crippen molar-refractivity contribution in [3.8, 4) is 0 Å². The highest BCUT2D eigenvalue weighted by atomic mass is 127. The van der Waals surface area contributed by atoms with Crippen molar-refractivity contribution < 1.29 is 47.7 Å². The first-order valence-electron chi connectivity index (χ1n) is 24.0. The fourth-order valence-corrected chi connectivity index (χ4v) is 8.97. The summed E-state index contributed by atoms with van der Waals surface area (Å²) in [6, 6.07) is 43.8. The third-order valence-electron chi connectivity index (χ3n) is 12.9. The lowest BCUT2D eigenvalue weighted by molar-refractivity contribution is -0.643. The molecule has 364 valence electrons. The van der Waals surface area contributed by atoms with E-state index in [1.54, 1.807) is 0 Å². The highest BCUT2D eigenvalue weighted by Crippen LogP contribution is 2.23. The van der Waals surface area contributed by atoms with Crippen LogP contribution >= 0.6 is 0 Å². The van der Waals surface area contributed by atoms with E-state index in [4.69, 9.17) is 0 Å². The van der Waals surface area contributed by atoms with E-state index in [-0.39, 0.29) is 91.9 Å². The first kappa shape index (κ1) is 52.6. The van der Waals surface area contributed by atoms with Gasteiger partial charge in [0.1, 0.15) is 7.05 Å². The van der Waals surface area contributed by atoms with Crippen LogP contribution in [0.5, 0.6) is 0 Å². The summed E-state index contributed by atoms with van der Waals surface area (Å²) in [4.78, 5) is 63.4. The lowest BCUT2D eigenvalue weighted by atomic mass is 10.0. The average Bonchev–Trinajstić information content (AvgIpc) is 3.34. The SMILES string of the molecule is C[C@@H](NC(=O)CN1CCN(CC(=O)NCc2ccc3c(c2)c2ccccc2c[n+]3C)CCN(CC(=O)N[C@H](C)c2ccccc2)CCN(CC(=O)N[C@H](C)c2ccccc2)CC1)c1ccccc1.[I-]. The Hall–Kier alpha value is -5.78. The second-order valence-electron chi connectivity index (χ2n) is 18.2. The number of hydrogen-bond acceptors (Lipinski definition) is 8. The van der Waals surface area contributed by atoms with Crippen LogP contribution in [0.25, 0.3) is 21.7 Å². The molecule has 4 amide bonds. The summed E-state index contributed by atoms with van der Waals surface area (Å²) >= 11 is 0. The number of aryl methyl sites for hydroxylation is 1. The molecule has 0 bridgehead atoms. The Bertz CT molecular complexity index is 2530. The minimum Gasteiger partial charge on any atom is -1.00 e. The molecule has 3 atom stereocenters. The van der Waals surface area contributed by atoms with Crippen LogP contribution in [0.2, 0.25) is 0 Å². The molecule has 0 radical (unpaired) electrons. The second-order valence-corrected chi connectivity index (χ2v) is 18.2. The number of nitrogens with one attached hydrogen (secondary N) is 4. The molecule has 1 aromatic heterocycles. The number of benzene rings is 5. The van der Waals surface area contributed by atoms with Crippen LogP contribution in [0.15, 0.2) is 140 Å². The number of aromatic nitrogens is 1. The zero-order valence-electron chi connectivity index (χ0n) is 40.5. The number of hydrogen-bond donors (Lipinski definition) is 4. The maximum absolute atomic E-state index is 13.9. The molecule has 1 aliphatic heterocycles. The van der Waals surface area contributed by atoms with Crippen molar-refractivity contribution in [2.24, 2.45) is 7.05 Å². The normalized spacial score (nSPS) is 15.9. The van der Waals surface area contributed by atoms with E-state index in [1.807, 2.05) is 131 Å². The highest BCUT2D eigenvalue weighted by Gasteiger charge is 2.24. The Balaban J connectivity index is 0.00000782. The van der Waals surface area contributed by atoms with Crippen LogP contribution in [0.1, 0.15) is 61.2 Å².